The zero-order valence-corrected chi connectivity index (χ0v) is 16.3. The van der Waals surface area contributed by atoms with E-state index in [1.165, 1.54) is 12.1 Å². The summed E-state index contributed by atoms with van der Waals surface area (Å²) >= 11 is 18.1. The van der Waals surface area contributed by atoms with Gasteiger partial charge in [0, 0.05) is 46.1 Å². The molecular formula is C18H16Cl3FN2O2. The highest BCUT2D eigenvalue weighted by atomic mass is 35.5. The number of carbonyl (C=O) groups is 2. The maximum Gasteiger partial charge on any atom is 0.284 e. The zero-order chi connectivity index (χ0) is 19.5. The predicted octanol–water partition coefficient (Wildman–Crippen LogP) is 5.50. The molecule has 0 aliphatic rings. The Morgan fingerprint density at radius 3 is 2.00 bits per heavy atom. The third kappa shape index (κ3) is 4.95. The number of rotatable bonds is 6. The molecule has 0 N–H and O–H groups in total. The highest BCUT2D eigenvalue weighted by molar-refractivity contribution is 6.30. The SMILES string of the molecule is CC(C)(CC(=O)c1ccc(Cl)cc1)N(Cl)N(Cl)C(=O)c1ccc(F)cc1. The van der Waals surface area contributed by atoms with Gasteiger partial charge in [0.1, 0.15) is 5.82 Å². The molecule has 0 aliphatic heterocycles. The van der Waals surface area contributed by atoms with E-state index in [2.05, 4.69) is 0 Å². The molecule has 2 rings (SSSR count). The summed E-state index contributed by atoms with van der Waals surface area (Å²) in [6.45, 7) is 3.34. The second-order valence-electron chi connectivity index (χ2n) is 6.25. The highest BCUT2D eigenvalue weighted by Gasteiger charge is 2.35. The van der Waals surface area contributed by atoms with E-state index in [1.807, 2.05) is 0 Å². The third-order valence-electron chi connectivity index (χ3n) is 3.67. The van der Waals surface area contributed by atoms with Crippen LogP contribution in [0.15, 0.2) is 48.5 Å². The van der Waals surface area contributed by atoms with Gasteiger partial charge < -0.3 is 0 Å². The van der Waals surface area contributed by atoms with E-state index in [1.54, 1.807) is 38.1 Å². The van der Waals surface area contributed by atoms with Crippen LogP contribution in [0.2, 0.25) is 5.02 Å². The Labute approximate surface area is 166 Å². The minimum Gasteiger partial charge on any atom is -0.294 e. The van der Waals surface area contributed by atoms with Crippen LogP contribution in [0, 0.1) is 5.82 Å². The van der Waals surface area contributed by atoms with Crippen molar-refractivity contribution >= 4 is 46.8 Å². The molecule has 0 aliphatic carbocycles. The summed E-state index contributed by atoms with van der Waals surface area (Å²) < 4.78 is 14.6. The number of hydrogen-bond acceptors (Lipinski definition) is 3. The van der Waals surface area contributed by atoms with E-state index in [-0.39, 0.29) is 17.8 Å². The van der Waals surface area contributed by atoms with Crippen LogP contribution in [0.1, 0.15) is 41.0 Å². The lowest BCUT2D eigenvalue weighted by Gasteiger charge is -2.35. The Morgan fingerprint density at radius 2 is 1.46 bits per heavy atom. The zero-order valence-electron chi connectivity index (χ0n) is 14.0. The molecule has 0 atom stereocenters. The van der Waals surface area contributed by atoms with Crippen LogP contribution in [0.25, 0.3) is 0 Å². The molecule has 2 aromatic carbocycles. The average Bonchev–Trinajstić information content (AvgIpc) is 2.60. The van der Waals surface area contributed by atoms with E-state index in [0.29, 0.717) is 15.1 Å². The summed E-state index contributed by atoms with van der Waals surface area (Å²) in [7, 11) is 0. The van der Waals surface area contributed by atoms with Crippen molar-refractivity contribution in [1.82, 2.24) is 9.06 Å². The summed E-state index contributed by atoms with van der Waals surface area (Å²) in [6.07, 6.45) is -0.00193. The lowest BCUT2D eigenvalue weighted by atomic mass is 9.95. The van der Waals surface area contributed by atoms with Gasteiger partial charge in [-0.25, -0.2) is 4.39 Å². The molecule has 0 aromatic heterocycles. The van der Waals surface area contributed by atoms with Crippen LogP contribution in [-0.4, -0.2) is 26.3 Å². The Bertz CT molecular complexity index is 795. The molecule has 0 radical (unpaired) electrons. The van der Waals surface area contributed by atoms with Crippen LogP contribution >= 0.6 is 35.2 Å². The molecule has 0 bridgehead atoms. The van der Waals surface area contributed by atoms with E-state index in [9.17, 15) is 14.0 Å². The van der Waals surface area contributed by atoms with Crippen LogP contribution in [0.5, 0.6) is 0 Å². The molecule has 0 saturated heterocycles. The molecule has 2 aromatic rings. The lowest BCUT2D eigenvalue weighted by molar-refractivity contribution is 0.0374. The Kier molecular flexibility index (Phi) is 6.64. The highest BCUT2D eigenvalue weighted by Crippen LogP contribution is 2.28. The van der Waals surface area contributed by atoms with Crippen molar-refractivity contribution in [3.8, 4) is 0 Å². The smallest absolute Gasteiger partial charge is 0.284 e. The van der Waals surface area contributed by atoms with Crippen molar-refractivity contribution in [2.45, 2.75) is 25.8 Å². The van der Waals surface area contributed by atoms with E-state index in [4.69, 9.17) is 35.2 Å². The Balaban J connectivity index is 2.11. The van der Waals surface area contributed by atoms with Crippen molar-refractivity contribution in [1.29, 1.82) is 0 Å². The number of amides is 1. The van der Waals surface area contributed by atoms with E-state index >= 15 is 0 Å². The number of halogens is 4. The van der Waals surface area contributed by atoms with Gasteiger partial charge in [0.2, 0.25) is 0 Å². The molecule has 0 fully saturated rings. The van der Waals surface area contributed by atoms with E-state index < -0.39 is 17.3 Å². The van der Waals surface area contributed by atoms with Gasteiger partial charge in [0.25, 0.3) is 5.91 Å². The first-order valence-corrected chi connectivity index (χ1v) is 8.68. The van der Waals surface area contributed by atoms with Crippen molar-refractivity contribution in [2.24, 2.45) is 0 Å². The van der Waals surface area contributed by atoms with Crippen molar-refractivity contribution in [2.75, 3.05) is 0 Å². The maximum atomic E-state index is 13.0. The van der Waals surface area contributed by atoms with Crippen molar-refractivity contribution in [3.63, 3.8) is 0 Å². The maximum absolute atomic E-state index is 13.0. The van der Waals surface area contributed by atoms with Gasteiger partial charge in [-0.05, 0) is 62.4 Å². The number of benzene rings is 2. The van der Waals surface area contributed by atoms with Crippen molar-refractivity contribution in [3.05, 3.63) is 70.5 Å². The fraction of sp³-hybridized carbons (Fsp3) is 0.222. The second-order valence-corrected chi connectivity index (χ2v) is 7.33. The summed E-state index contributed by atoms with van der Waals surface area (Å²) in [6, 6.07) is 11.3. The fourth-order valence-corrected chi connectivity index (χ4v) is 2.77. The Hall–Kier alpha value is -1.66. The van der Waals surface area contributed by atoms with Crippen LogP contribution in [-0.2, 0) is 0 Å². The summed E-state index contributed by atoms with van der Waals surface area (Å²) in [4.78, 5) is 24.8. The topological polar surface area (TPSA) is 40.6 Å². The first kappa shape index (κ1) is 20.6. The molecule has 0 unspecified atom stereocenters. The number of ketones is 1. The lowest BCUT2D eigenvalue weighted by Crippen LogP contribution is -2.48. The number of carbonyl (C=O) groups excluding carboxylic acids is 2. The standard InChI is InChI=1S/C18H16Cl3FN2O2/c1-18(2,11-16(25)12-3-7-14(19)8-4-12)24(21)23(20)17(26)13-5-9-15(22)10-6-13/h3-10H,11H2,1-2H3. The largest absolute Gasteiger partial charge is 0.294 e. The van der Waals surface area contributed by atoms with Gasteiger partial charge in [-0.3, -0.25) is 9.59 Å². The number of nitrogens with zero attached hydrogens (tertiary/aromatic N) is 2. The molecule has 8 heteroatoms. The molecule has 138 valence electrons. The van der Waals surface area contributed by atoms with Gasteiger partial charge in [-0.1, -0.05) is 11.6 Å². The Morgan fingerprint density at radius 1 is 0.962 bits per heavy atom. The first-order chi connectivity index (χ1) is 12.1. The minimum absolute atomic E-state index is 0.00193. The van der Waals surface area contributed by atoms with Gasteiger partial charge in [0.15, 0.2) is 5.78 Å². The van der Waals surface area contributed by atoms with Crippen LogP contribution in [0.4, 0.5) is 4.39 Å². The average molecular weight is 418 g/mol. The molecule has 0 saturated carbocycles. The second kappa shape index (κ2) is 8.35. The first-order valence-electron chi connectivity index (χ1n) is 7.62. The van der Waals surface area contributed by atoms with Gasteiger partial charge in [-0.2, -0.15) is 4.53 Å². The monoisotopic (exact) mass is 416 g/mol. The fourth-order valence-electron chi connectivity index (χ4n) is 2.21. The molecule has 26 heavy (non-hydrogen) atoms. The van der Waals surface area contributed by atoms with Gasteiger partial charge in [0.05, 0.1) is 5.54 Å². The van der Waals surface area contributed by atoms with Crippen LogP contribution < -0.4 is 0 Å². The summed E-state index contributed by atoms with van der Waals surface area (Å²) in [5.41, 5.74) is -0.346. The quantitative estimate of drug-likeness (QED) is 0.354. The number of Topliss-reactive ketones (excluding diaryl/α,β-unsaturated/α-hetero) is 1. The van der Waals surface area contributed by atoms with Crippen LogP contribution in [0.3, 0.4) is 0 Å². The molecule has 4 nitrogen and oxygen atoms in total. The molecule has 0 spiro atoms. The molecule has 1 amide bonds. The molecular weight excluding hydrogens is 402 g/mol. The predicted molar refractivity (Wildman–Crippen MR) is 101 cm³/mol. The van der Waals surface area contributed by atoms with E-state index in [0.717, 1.165) is 16.7 Å². The normalized spacial score (nSPS) is 11.5. The van der Waals surface area contributed by atoms with Crippen molar-refractivity contribution < 1.29 is 14.0 Å². The number of hydrogen-bond donors (Lipinski definition) is 0. The third-order valence-corrected chi connectivity index (χ3v) is 4.91. The summed E-state index contributed by atoms with van der Waals surface area (Å²) in [5.74, 6) is -1.30. The van der Waals surface area contributed by atoms with Gasteiger partial charge >= 0.3 is 0 Å². The molecule has 0 heterocycles. The number of hydrazine groups is 1. The summed E-state index contributed by atoms with van der Waals surface area (Å²) in [5, 5.41) is 0.525. The minimum atomic E-state index is -0.976. The van der Waals surface area contributed by atoms with Gasteiger partial charge in [-0.15, -0.1) is 4.53 Å².